The molecular formula is C18H12F5N3O. The molecule has 0 saturated carbocycles. The van der Waals surface area contributed by atoms with Crippen LogP contribution in [0.2, 0.25) is 0 Å². The van der Waals surface area contributed by atoms with E-state index in [0.717, 1.165) is 22.9 Å². The van der Waals surface area contributed by atoms with Crippen LogP contribution in [0.15, 0.2) is 48.5 Å². The summed E-state index contributed by atoms with van der Waals surface area (Å²) >= 11 is 0. The summed E-state index contributed by atoms with van der Waals surface area (Å²) < 4.78 is 67.2. The molecule has 3 rings (SSSR count). The molecule has 3 aromatic rings. The number of carbonyl (C=O) groups excluding carboxylic acids is 1. The summed E-state index contributed by atoms with van der Waals surface area (Å²) in [6, 6.07) is 9.48. The first kappa shape index (κ1) is 18.6. The van der Waals surface area contributed by atoms with E-state index in [4.69, 9.17) is 0 Å². The Morgan fingerprint density at radius 2 is 1.74 bits per heavy atom. The van der Waals surface area contributed by atoms with Gasteiger partial charge in [-0.1, -0.05) is 18.2 Å². The van der Waals surface area contributed by atoms with Crippen LogP contribution in [0.4, 0.5) is 27.6 Å². The van der Waals surface area contributed by atoms with Gasteiger partial charge in [0.25, 0.3) is 5.91 Å². The molecule has 0 aliphatic rings. The minimum atomic E-state index is -4.62. The van der Waals surface area contributed by atoms with Gasteiger partial charge in [0.05, 0.1) is 16.9 Å². The smallest absolute Gasteiger partial charge is 0.319 e. The summed E-state index contributed by atoms with van der Waals surface area (Å²) in [6.07, 6.45) is -4.62. The highest BCUT2D eigenvalue weighted by Gasteiger charge is 2.34. The van der Waals surface area contributed by atoms with Gasteiger partial charge in [0.1, 0.15) is 11.6 Å². The van der Waals surface area contributed by atoms with E-state index < -0.39 is 29.4 Å². The number of hydrogen-bond acceptors (Lipinski definition) is 2. The van der Waals surface area contributed by atoms with Crippen molar-refractivity contribution >= 4 is 11.6 Å². The molecule has 0 atom stereocenters. The molecule has 0 aliphatic carbocycles. The second-order valence-corrected chi connectivity index (χ2v) is 5.66. The standard InChI is InChI=1S/C18H12F5N3O/c1-26-15(9-16(25-26)18(21,22)23)10-6-7-14(13(20)8-10)24-17(27)11-4-2-3-5-12(11)19/h2-9H,1H3,(H,24,27). The van der Waals surface area contributed by atoms with Gasteiger partial charge in [-0.05, 0) is 30.3 Å². The first-order valence-electron chi connectivity index (χ1n) is 7.64. The molecule has 1 aromatic heterocycles. The summed E-state index contributed by atoms with van der Waals surface area (Å²) in [6.45, 7) is 0. The van der Waals surface area contributed by atoms with Crippen molar-refractivity contribution in [1.82, 2.24) is 9.78 Å². The molecule has 0 bridgehead atoms. The number of benzene rings is 2. The number of nitrogens with zero attached hydrogens (tertiary/aromatic N) is 2. The van der Waals surface area contributed by atoms with E-state index in [0.29, 0.717) is 0 Å². The predicted molar refractivity (Wildman–Crippen MR) is 88.0 cm³/mol. The minimum absolute atomic E-state index is 0.0493. The van der Waals surface area contributed by atoms with Crippen molar-refractivity contribution in [2.45, 2.75) is 6.18 Å². The molecule has 1 amide bonds. The SMILES string of the molecule is Cn1nc(C(F)(F)F)cc1-c1ccc(NC(=O)c2ccccc2F)c(F)c1. The van der Waals surface area contributed by atoms with E-state index in [1.54, 1.807) is 0 Å². The van der Waals surface area contributed by atoms with Crippen LogP contribution < -0.4 is 5.32 Å². The molecule has 27 heavy (non-hydrogen) atoms. The Labute approximate surface area is 150 Å². The lowest BCUT2D eigenvalue weighted by atomic mass is 10.1. The maximum atomic E-state index is 14.3. The molecule has 9 heteroatoms. The van der Waals surface area contributed by atoms with Crippen LogP contribution in [0.3, 0.4) is 0 Å². The molecule has 4 nitrogen and oxygen atoms in total. The summed E-state index contributed by atoms with van der Waals surface area (Å²) in [5.41, 5.74) is -1.40. The van der Waals surface area contributed by atoms with Gasteiger partial charge in [-0.15, -0.1) is 0 Å². The molecule has 0 fully saturated rings. The molecule has 1 heterocycles. The number of nitrogens with one attached hydrogen (secondary N) is 1. The number of carbonyl (C=O) groups is 1. The number of rotatable bonds is 3. The van der Waals surface area contributed by atoms with Crippen LogP contribution in [0.1, 0.15) is 16.1 Å². The third-order valence-corrected chi connectivity index (χ3v) is 3.80. The normalized spacial score (nSPS) is 11.5. The summed E-state index contributed by atoms with van der Waals surface area (Å²) in [5, 5.41) is 5.60. The Morgan fingerprint density at radius 1 is 1.04 bits per heavy atom. The molecule has 0 saturated heterocycles. The molecule has 140 valence electrons. The number of amides is 1. The van der Waals surface area contributed by atoms with Gasteiger partial charge in [-0.25, -0.2) is 8.78 Å². The maximum Gasteiger partial charge on any atom is 0.435 e. The quantitative estimate of drug-likeness (QED) is 0.672. The third kappa shape index (κ3) is 3.81. The van der Waals surface area contributed by atoms with Gasteiger partial charge in [-0.2, -0.15) is 18.3 Å². The van der Waals surface area contributed by atoms with Crippen molar-refractivity contribution in [3.05, 3.63) is 71.4 Å². The van der Waals surface area contributed by atoms with Gasteiger partial charge in [-0.3, -0.25) is 9.48 Å². The summed E-state index contributed by atoms with van der Waals surface area (Å²) in [7, 11) is 1.30. The first-order valence-corrected chi connectivity index (χ1v) is 7.64. The molecular weight excluding hydrogens is 369 g/mol. The molecule has 1 N–H and O–H groups in total. The number of halogens is 5. The van der Waals surface area contributed by atoms with Gasteiger partial charge in [0.15, 0.2) is 5.69 Å². The van der Waals surface area contributed by atoms with E-state index >= 15 is 0 Å². The van der Waals surface area contributed by atoms with Crippen molar-refractivity contribution in [2.24, 2.45) is 7.05 Å². The highest BCUT2D eigenvalue weighted by atomic mass is 19.4. The van der Waals surface area contributed by atoms with E-state index in [9.17, 15) is 26.7 Å². The Hall–Kier alpha value is -3.23. The predicted octanol–water partition coefficient (Wildman–Crippen LogP) is 4.64. The van der Waals surface area contributed by atoms with Crippen LogP contribution in [0, 0.1) is 11.6 Å². The van der Waals surface area contributed by atoms with E-state index in [1.807, 2.05) is 0 Å². The second kappa shape index (κ2) is 6.82. The van der Waals surface area contributed by atoms with Crippen molar-refractivity contribution in [3.63, 3.8) is 0 Å². The molecule has 0 radical (unpaired) electrons. The lowest BCUT2D eigenvalue weighted by Gasteiger charge is -2.09. The highest BCUT2D eigenvalue weighted by Crippen LogP contribution is 2.32. The average molecular weight is 381 g/mol. The second-order valence-electron chi connectivity index (χ2n) is 5.66. The number of hydrogen-bond donors (Lipinski definition) is 1. The lowest BCUT2D eigenvalue weighted by Crippen LogP contribution is -2.14. The number of alkyl halides is 3. The fourth-order valence-corrected chi connectivity index (χ4v) is 2.49. The van der Waals surface area contributed by atoms with Crippen molar-refractivity contribution in [2.75, 3.05) is 5.32 Å². The monoisotopic (exact) mass is 381 g/mol. The summed E-state index contributed by atoms with van der Waals surface area (Å²) in [4.78, 5) is 12.1. The molecule has 0 aliphatic heterocycles. The maximum absolute atomic E-state index is 14.3. The average Bonchev–Trinajstić information content (AvgIpc) is 2.99. The molecule has 0 spiro atoms. The van der Waals surface area contributed by atoms with E-state index in [2.05, 4.69) is 10.4 Å². The molecule has 2 aromatic carbocycles. The Kier molecular flexibility index (Phi) is 4.69. The number of aryl methyl sites for hydroxylation is 1. The number of anilines is 1. The van der Waals surface area contributed by atoms with Crippen LogP contribution in [0.5, 0.6) is 0 Å². The zero-order valence-electron chi connectivity index (χ0n) is 13.8. The van der Waals surface area contributed by atoms with E-state index in [-0.39, 0.29) is 22.5 Å². The third-order valence-electron chi connectivity index (χ3n) is 3.80. The van der Waals surface area contributed by atoms with Crippen molar-refractivity contribution < 1.29 is 26.7 Å². The number of aromatic nitrogens is 2. The Balaban J connectivity index is 1.88. The Bertz CT molecular complexity index is 1010. The van der Waals surface area contributed by atoms with Crippen LogP contribution in [-0.2, 0) is 13.2 Å². The zero-order valence-corrected chi connectivity index (χ0v) is 13.8. The fraction of sp³-hybridized carbons (Fsp3) is 0.111. The van der Waals surface area contributed by atoms with Crippen LogP contribution >= 0.6 is 0 Å². The van der Waals surface area contributed by atoms with E-state index in [1.165, 1.54) is 37.4 Å². The molecule has 0 unspecified atom stereocenters. The van der Waals surface area contributed by atoms with Crippen molar-refractivity contribution in [3.8, 4) is 11.3 Å². The Morgan fingerprint density at radius 3 is 2.33 bits per heavy atom. The first-order chi connectivity index (χ1) is 12.7. The zero-order chi connectivity index (χ0) is 19.8. The highest BCUT2D eigenvalue weighted by molar-refractivity contribution is 6.04. The minimum Gasteiger partial charge on any atom is -0.319 e. The van der Waals surface area contributed by atoms with Gasteiger partial charge >= 0.3 is 6.18 Å². The van der Waals surface area contributed by atoms with Gasteiger partial charge in [0.2, 0.25) is 0 Å². The van der Waals surface area contributed by atoms with Crippen LogP contribution in [-0.4, -0.2) is 15.7 Å². The van der Waals surface area contributed by atoms with Crippen molar-refractivity contribution in [1.29, 1.82) is 0 Å². The fourth-order valence-electron chi connectivity index (χ4n) is 2.49. The summed E-state index contributed by atoms with van der Waals surface area (Å²) in [5.74, 6) is -2.49. The van der Waals surface area contributed by atoms with Gasteiger partial charge < -0.3 is 5.32 Å². The van der Waals surface area contributed by atoms with Gasteiger partial charge in [0, 0.05) is 12.6 Å². The largest absolute Gasteiger partial charge is 0.435 e. The topological polar surface area (TPSA) is 46.9 Å². The van der Waals surface area contributed by atoms with Crippen LogP contribution in [0.25, 0.3) is 11.3 Å². The lowest BCUT2D eigenvalue weighted by molar-refractivity contribution is -0.141.